The van der Waals surface area contributed by atoms with Crippen molar-refractivity contribution in [2.45, 2.75) is 31.7 Å². The summed E-state index contributed by atoms with van der Waals surface area (Å²) in [7, 11) is 0. The molecule has 0 amide bonds. The molecule has 0 bridgehead atoms. The third-order valence-electron chi connectivity index (χ3n) is 5.27. The smallest absolute Gasteiger partial charge is 0.317 e. The molecular formula is C20H20FN6+. The Morgan fingerprint density at radius 2 is 1.96 bits per heavy atom. The van der Waals surface area contributed by atoms with E-state index in [1.807, 2.05) is 19.2 Å². The average molecular weight is 363 g/mol. The first-order valence-corrected chi connectivity index (χ1v) is 9.33. The Labute approximate surface area is 155 Å². The minimum Gasteiger partial charge on any atom is -0.317 e. The van der Waals surface area contributed by atoms with Crippen molar-refractivity contribution >= 4 is 11.0 Å². The molecule has 2 aromatic heterocycles. The summed E-state index contributed by atoms with van der Waals surface area (Å²) >= 11 is 0. The van der Waals surface area contributed by atoms with Gasteiger partial charge in [-0.15, -0.1) is 10.2 Å². The number of hydrogen-bond acceptors (Lipinski definition) is 5. The second-order valence-corrected chi connectivity index (χ2v) is 7.23. The lowest BCUT2D eigenvalue weighted by Crippen LogP contribution is -2.37. The van der Waals surface area contributed by atoms with E-state index in [1.165, 1.54) is 11.6 Å². The molecule has 0 aliphatic carbocycles. The summed E-state index contributed by atoms with van der Waals surface area (Å²) in [5.41, 5.74) is 3.77. The zero-order valence-electron chi connectivity index (χ0n) is 15.1. The molecular weight excluding hydrogens is 343 g/mol. The van der Waals surface area contributed by atoms with Crippen molar-refractivity contribution in [2.75, 3.05) is 13.1 Å². The molecule has 136 valence electrons. The van der Waals surface area contributed by atoms with Crippen LogP contribution in [-0.2, 0) is 0 Å². The minimum absolute atomic E-state index is 0.0428. The molecule has 5 rings (SSSR count). The molecule has 2 aliphatic heterocycles. The number of pyridine rings is 1. The molecule has 6 nitrogen and oxygen atoms in total. The summed E-state index contributed by atoms with van der Waals surface area (Å²) in [6.07, 6.45) is 5.94. The summed E-state index contributed by atoms with van der Waals surface area (Å²) in [6.45, 7) is 4.02. The Bertz CT molecular complexity index is 1150. The van der Waals surface area contributed by atoms with Crippen LogP contribution in [0.3, 0.4) is 0 Å². The van der Waals surface area contributed by atoms with Crippen molar-refractivity contribution in [3.63, 3.8) is 0 Å². The quantitative estimate of drug-likeness (QED) is 0.703. The van der Waals surface area contributed by atoms with E-state index in [2.05, 4.69) is 37.6 Å². The lowest BCUT2D eigenvalue weighted by molar-refractivity contribution is -0.524. The Morgan fingerprint density at radius 3 is 2.81 bits per heavy atom. The first-order chi connectivity index (χ1) is 13.2. The van der Waals surface area contributed by atoms with E-state index in [-0.39, 0.29) is 11.9 Å². The first kappa shape index (κ1) is 16.4. The molecule has 0 radical (unpaired) electrons. The third-order valence-corrected chi connectivity index (χ3v) is 5.27. The number of nitrogens with zero attached hydrogens (tertiary/aromatic N) is 5. The van der Waals surface area contributed by atoms with Gasteiger partial charge >= 0.3 is 5.49 Å². The highest BCUT2D eigenvalue weighted by Crippen LogP contribution is 2.27. The van der Waals surface area contributed by atoms with Gasteiger partial charge in [-0.25, -0.2) is 4.98 Å². The maximum absolute atomic E-state index is 14.4. The van der Waals surface area contributed by atoms with Crippen LogP contribution in [0.5, 0.6) is 0 Å². The Balaban J connectivity index is 1.54. The Kier molecular flexibility index (Phi) is 3.89. The number of rotatable bonds is 2. The van der Waals surface area contributed by atoms with Crippen LogP contribution < -0.4 is 15.0 Å². The van der Waals surface area contributed by atoms with Crippen molar-refractivity contribution < 1.29 is 8.63 Å². The Hall–Kier alpha value is -2.80. The monoisotopic (exact) mass is 363 g/mol. The molecule has 0 spiro atoms. The van der Waals surface area contributed by atoms with E-state index in [4.69, 9.17) is 0 Å². The van der Waals surface area contributed by atoms with E-state index in [0.29, 0.717) is 22.8 Å². The summed E-state index contributed by atoms with van der Waals surface area (Å²) < 4.78 is 16.1. The van der Waals surface area contributed by atoms with Crippen molar-refractivity contribution in [2.24, 2.45) is 4.99 Å². The van der Waals surface area contributed by atoms with E-state index < -0.39 is 0 Å². The highest BCUT2D eigenvalue weighted by atomic mass is 19.1. The summed E-state index contributed by atoms with van der Waals surface area (Å²) in [5.74, 6) is 0.595. The van der Waals surface area contributed by atoms with Crippen LogP contribution >= 0.6 is 0 Å². The fraction of sp³-hybridized carbons (Fsp3) is 0.350. The third kappa shape index (κ3) is 2.98. The van der Waals surface area contributed by atoms with Gasteiger partial charge in [0.1, 0.15) is 17.9 Å². The van der Waals surface area contributed by atoms with E-state index in [1.54, 1.807) is 10.4 Å². The molecule has 1 aromatic carbocycles. The zero-order chi connectivity index (χ0) is 18.4. The van der Waals surface area contributed by atoms with Crippen LogP contribution in [0.2, 0.25) is 0 Å². The molecule has 2 aliphatic rings. The first-order valence-electron chi connectivity index (χ1n) is 9.33. The van der Waals surface area contributed by atoms with Crippen LogP contribution in [0.15, 0.2) is 35.5 Å². The Morgan fingerprint density at radius 1 is 1.11 bits per heavy atom. The van der Waals surface area contributed by atoms with Crippen molar-refractivity contribution in [1.29, 1.82) is 0 Å². The fourth-order valence-corrected chi connectivity index (χ4v) is 3.88. The van der Waals surface area contributed by atoms with Crippen LogP contribution in [-0.4, -0.2) is 34.3 Å². The van der Waals surface area contributed by atoms with Crippen molar-refractivity contribution in [3.8, 4) is 11.4 Å². The number of nitrogens with one attached hydrogen (secondary N) is 1. The van der Waals surface area contributed by atoms with Gasteiger partial charge in [0.2, 0.25) is 5.82 Å². The van der Waals surface area contributed by atoms with Crippen LogP contribution in [0.25, 0.3) is 22.4 Å². The number of aromatic nitrogens is 4. The maximum atomic E-state index is 14.4. The molecule has 3 aromatic rings. The van der Waals surface area contributed by atoms with Crippen molar-refractivity contribution in [3.05, 3.63) is 53.5 Å². The highest BCUT2D eigenvalue weighted by Gasteiger charge is 2.20. The minimum atomic E-state index is -0.377. The molecule has 1 atom stereocenters. The van der Waals surface area contributed by atoms with Crippen LogP contribution in [0.1, 0.15) is 31.2 Å². The maximum Gasteiger partial charge on any atom is 0.358 e. The second-order valence-electron chi connectivity index (χ2n) is 7.23. The van der Waals surface area contributed by atoms with E-state index in [0.717, 1.165) is 37.0 Å². The van der Waals surface area contributed by atoms with Gasteiger partial charge in [0.25, 0.3) is 0 Å². The molecule has 1 N–H and O–H groups in total. The molecule has 27 heavy (non-hydrogen) atoms. The summed E-state index contributed by atoms with van der Waals surface area (Å²) in [4.78, 5) is 8.87. The van der Waals surface area contributed by atoms with Gasteiger partial charge in [0.05, 0.1) is 11.1 Å². The average Bonchev–Trinajstić information content (AvgIpc) is 3.09. The summed E-state index contributed by atoms with van der Waals surface area (Å²) in [5, 5.41) is 12.0. The number of fused-ring (bicyclic) bond motifs is 2. The molecule has 7 heteroatoms. The second kappa shape index (κ2) is 6.42. The lowest BCUT2D eigenvalue weighted by atomic mass is 9.90. The van der Waals surface area contributed by atoms with Gasteiger partial charge in [-0.3, -0.25) is 0 Å². The zero-order valence-corrected chi connectivity index (χ0v) is 15.1. The fourth-order valence-electron chi connectivity index (χ4n) is 3.88. The predicted octanol–water partition coefficient (Wildman–Crippen LogP) is 1.62. The standard InChI is InChI=1S/C20H20FN6/c1-12-10-27-11-15(8-16(21)20(27)23-12)19-24-17-3-2-14(9-18(17)25-26-19)13-4-6-22-7-5-13/h2-3,8-13,22H,4-7H2,1H3/q+1. The number of hydrogen-bond donors (Lipinski definition) is 1. The van der Waals surface area contributed by atoms with Gasteiger partial charge < -0.3 is 5.32 Å². The van der Waals surface area contributed by atoms with Gasteiger partial charge in [0, 0.05) is 0 Å². The SMILES string of the molecule is CC1C=[n+]2cc(-c3nnc4cc(C5CCNCC5)ccc4n3)cc(F)c2=N1. The highest BCUT2D eigenvalue weighted by molar-refractivity contribution is 5.76. The van der Waals surface area contributed by atoms with Gasteiger partial charge in [-0.1, -0.05) is 11.1 Å². The van der Waals surface area contributed by atoms with E-state index >= 15 is 0 Å². The summed E-state index contributed by atoms with van der Waals surface area (Å²) in [6, 6.07) is 7.59. The molecule has 1 saturated heterocycles. The largest absolute Gasteiger partial charge is 0.358 e. The van der Waals surface area contributed by atoms with Crippen LogP contribution in [0, 0.1) is 12.0 Å². The topological polar surface area (TPSA) is 69.0 Å². The predicted molar refractivity (Wildman–Crippen MR) is 98.1 cm³/mol. The molecule has 4 heterocycles. The molecule has 1 fully saturated rings. The lowest BCUT2D eigenvalue weighted by Gasteiger charge is -2.22. The normalized spacial score (nSPS) is 19.6. The number of halogens is 1. The van der Waals surface area contributed by atoms with Gasteiger partial charge in [0.15, 0.2) is 11.9 Å². The number of benzene rings is 1. The van der Waals surface area contributed by atoms with Crippen LogP contribution in [0.4, 0.5) is 4.39 Å². The van der Waals surface area contributed by atoms with Crippen molar-refractivity contribution in [1.82, 2.24) is 20.5 Å². The molecule has 0 saturated carbocycles. The molecule has 1 unspecified atom stereocenters. The van der Waals surface area contributed by atoms with Gasteiger partial charge in [-0.2, -0.15) is 8.63 Å². The van der Waals surface area contributed by atoms with E-state index in [9.17, 15) is 4.39 Å². The van der Waals surface area contributed by atoms with Gasteiger partial charge in [-0.05, 0) is 62.5 Å². The number of piperidine rings is 1.